The van der Waals surface area contributed by atoms with Crippen LogP contribution in [-0.2, 0) is 18.0 Å². The standard InChI is InChI=1S/C19H17N3O3/c1-24-16-4-2-3-12(8-16)17-9-18(22-21-17)19(23)20-15-6-5-13-10-25-11-14(13)7-15/h2-9H,10-11H2,1H3,(H,20,23)(H,21,22). The van der Waals surface area contributed by atoms with Gasteiger partial charge in [0.1, 0.15) is 11.4 Å². The normalized spacial score (nSPS) is 12.7. The zero-order valence-corrected chi connectivity index (χ0v) is 13.7. The van der Waals surface area contributed by atoms with E-state index in [1.54, 1.807) is 13.2 Å². The molecule has 25 heavy (non-hydrogen) atoms. The number of hydrogen-bond acceptors (Lipinski definition) is 4. The van der Waals surface area contributed by atoms with Gasteiger partial charge in [0.15, 0.2) is 0 Å². The lowest BCUT2D eigenvalue weighted by Crippen LogP contribution is -2.12. The Hall–Kier alpha value is -3.12. The molecule has 3 aromatic rings. The van der Waals surface area contributed by atoms with Crippen molar-refractivity contribution < 1.29 is 14.3 Å². The number of rotatable bonds is 4. The first-order chi connectivity index (χ1) is 12.2. The summed E-state index contributed by atoms with van der Waals surface area (Å²) in [6.45, 7) is 1.22. The molecule has 2 heterocycles. The van der Waals surface area contributed by atoms with Crippen molar-refractivity contribution in [2.75, 3.05) is 12.4 Å². The van der Waals surface area contributed by atoms with E-state index >= 15 is 0 Å². The third-order valence-corrected chi connectivity index (χ3v) is 4.17. The zero-order chi connectivity index (χ0) is 17.2. The topological polar surface area (TPSA) is 76.2 Å². The molecule has 0 saturated heterocycles. The van der Waals surface area contributed by atoms with E-state index in [4.69, 9.17) is 9.47 Å². The van der Waals surface area contributed by atoms with Crippen molar-refractivity contribution in [2.45, 2.75) is 13.2 Å². The summed E-state index contributed by atoms with van der Waals surface area (Å²) in [4.78, 5) is 12.4. The van der Waals surface area contributed by atoms with Crippen LogP contribution in [0.4, 0.5) is 5.69 Å². The van der Waals surface area contributed by atoms with Crippen LogP contribution < -0.4 is 10.1 Å². The van der Waals surface area contributed by atoms with Gasteiger partial charge in [-0.3, -0.25) is 9.89 Å². The summed E-state index contributed by atoms with van der Waals surface area (Å²) in [6.07, 6.45) is 0. The van der Waals surface area contributed by atoms with E-state index in [2.05, 4.69) is 15.5 Å². The molecule has 0 aliphatic carbocycles. The fourth-order valence-electron chi connectivity index (χ4n) is 2.82. The molecule has 1 aliphatic heterocycles. The number of aromatic nitrogens is 2. The van der Waals surface area contributed by atoms with E-state index in [0.29, 0.717) is 24.6 Å². The first-order valence-electron chi connectivity index (χ1n) is 7.93. The van der Waals surface area contributed by atoms with Crippen molar-refractivity contribution in [1.82, 2.24) is 10.2 Å². The van der Waals surface area contributed by atoms with Gasteiger partial charge < -0.3 is 14.8 Å². The van der Waals surface area contributed by atoms with Crippen LogP contribution in [-0.4, -0.2) is 23.2 Å². The van der Waals surface area contributed by atoms with Crippen molar-refractivity contribution >= 4 is 11.6 Å². The highest BCUT2D eigenvalue weighted by molar-refractivity contribution is 6.03. The van der Waals surface area contributed by atoms with Crippen LogP contribution in [0, 0.1) is 0 Å². The number of carbonyl (C=O) groups is 1. The number of hydrogen-bond donors (Lipinski definition) is 2. The Labute approximate surface area is 144 Å². The van der Waals surface area contributed by atoms with E-state index in [-0.39, 0.29) is 5.91 Å². The number of nitrogens with zero attached hydrogens (tertiary/aromatic N) is 1. The largest absolute Gasteiger partial charge is 0.497 e. The minimum Gasteiger partial charge on any atom is -0.497 e. The quantitative estimate of drug-likeness (QED) is 0.766. The van der Waals surface area contributed by atoms with Crippen molar-refractivity contribution in [3.05, 3.63) is 65.4 Å². The number of nitrogens with one attached hydrogen (secondary N) is 2. The molecule has 1 aliphatic rings. The second kappa shape index (κ2) is 6.41. The highest BCUT2D eigenvalue weighted by Crippen LogP contribution is 2.25. The third-order valence-electron chi connectivity index (χ3n) is 4.17. The lowest BCUT2D eigenvalue weighted by molar-refractivity contribution is 0.102. The molecule has 2 N–H and O–H groups in total. The van der Waals surface area contributed by atoms with Crippen molar-refractivity contribution in [3.63, 3.8) is 0 Å². The maximum Gasteiger partial charge on any atom is 0.273 e. The highest BCUT2D eigenvalue weighted by atomic mass is 16.5. The van der Waals surface area contributed by atoms with Crippen LogP contribution in [0.25, 0.3) is 11.3 Å². The van der Waals surface area contributed by atoms with Crippen LogP contribution in [0.1, 0.15) is 21.6 Å². The van der Waals surface area contributed by atoms with E-state index in [1.807, 2.05) is 42.5 Å². The molecular weight excluding hydrogens is 318 g/mol. The van der Waals surface area contributed by atoms with Gasteiger partial charge in [-0.1, -0.05) is 18.2 Å². The number of benzene rings is 2. The average molecular weight is 335 g/mol. The molecule has 0 unspecified atom stereocenters. The second-order valence-corrected chi connectivity index (χ2v) is 5.83. The van der Waals surface area contributed by atoms with Gasteiger partial charge in [0, 0.05) is 11.3 Å². The van der Waals surface area contributed by atoms with E-state index in [1.165, 1.54) is 5.56 Å². The SMILES string of the molecule is COc1cccc(-c2cc(C(=O)Nc3ccc4c(c3)COC4)[nH]n2)c1. The molecule has 1 aromatic heterocycles. The molecule has 0 fully saturated rings. The first kappa shape index (κ1) is 15.4. The average Bonchev–Trinajstić information content (AvgIpc) is 3.31. The number of aromatic amines is 1. The maximum atomic E-state index is 12.4. The van der Waals surface area contributed by atoms with Gasteiger partial charge in [-0.05, 0) is 41.5 Å². The summed E-state index contributed by atoms with van der Waals surface area (Å²) in [5.74, 6) is 0.507. The zero-order valence-electron chi connectivity index (χ0n) is 13.7. The number of fused-ring (bicyclic) bond motifs is 1. The third kappa shape index (κ3) is 3.12. The highest BCUT2D eigenvalue weighted by Gasteiger charge is 2.15. The smallest absolute Gasteiger partial charge is 0.273 e. The monoisotopic (exact) mass is 335 g/mol. The molecule has 0 spiro atoms. The van der Waals surface area contributed by atoms with Crippen LogP contribution in [0.15, 0.2) is 48.5 Å². The van der Waals surface area contributed by atoms with Crippen molar-refractivity contribution in [2.24, 2.45) is 0 Å². The van der Waals surface area contributed by atoms with Gasteiger partial charge in [-0.2, -0.15) is 5.10 Å². The molecule has 126 valence electrons. The van der Waals surface area contributed by atoms with Crippen LogP contribution >= 0.6 is 0 Å². The molecule has 4 rings (SSSR count). The number of amides is 1. The summed E-state index contributed by atoms with van der Waals surface area (Å²) < 4.78 is 10.6. The molecule has 6 heteroatoms. The Morgan fingerprint density at radius 2 is 2.04 bits per heavy atom. The lowest BCUT2D eigenvalue weighted by atomic mass is 10.1. The Morgan fingerprint density at radius 1 is 1.16 bits per heavy atom. The van der Waals surface area contributed by atoms with Gasteiger partial charge >= 0.3 is 0 Å². The van der Waals surface area contributed by atoms with Gasteiger partial charge in [-0.25, -0.2) is 0 Å². The predicted molar refractivity (Wildman–Crippen MR) is 93.5 cm³/mol. The molecule has 0 atom stereocenters. The van der Waals surface area contributed by atoms with Gasteiger partial charge in [0.25, 0.3) is 5.91 Å². The Balaban J connectivity index is 1.52. The molecule has 2 aromatic carbocycles. The fraction of sp³-hybridized carbons (Fsp3) is 0.158. The lowest BCUT2D eigenvalue weighted by Gasteiger charge is -2.05. The molecule has 6 nitrogen and oxygen atoms in total. The van der Waals surface area contributed by atoms with Gasteiger partial charge in [0.05, 0.1) is 26.0 Å². The molecule has 0 saturated carbocycles. The summed E-state index contributed by atoms with van der Waals surface area (Å²) in [5.41, 5.74) is 4.98. The first-order valence-corrected chi connectivity index (χ1v) is 7.93. The number of ether oxygens (including phenoxy) is 2. The Kier molecular flexibility index (Phi) is 3.95. The summed E-state index contributed by atoms with van der Waals surface area (Å²) in [6, 6.07) is 15.1. The second-order valence-electron chi connectivity index (χ2n) is 5.83. The van der Waals surface area contributed by atoms with Crippen molar-refractivity contribution in [3.8, 4) is 17.0 Å². The minimum absolute atomic E-state index is 0.236. The molecule has 0 radical (unpaired) electrons. The van der Waals surface area contributed by atoms with E-state index < -0.39 is 0 Å². The number of anilines is 1. The summed E-state index contributed by atoms with van der Waals surface area (Å²) >= 11 is 0. The van der Waals surface area contributed by atoms with Gasteiger partial charge in [0.2, 0.25) is 0 Å². The maximum absolute atomic E-state index is 12.4. The molecule has 1 amide bonds. The summed E-state index contributed by atoms with van der Waals surface area (Å²) in [7, 11) is 1.62. The van der Waals surface area contributed by atoms with E-state index in [9.17, 15) is 4.79 Å². The molecular formula is C19H17N3O3. The van der Waals surface area contributed by atoms with E-state index in [0.717, 1.165) is 22.6 Å². The fourth-order valence-corrected chi connectivity index (χ4v) is 2.82. The van der Waals surface area contributed by atoms with Crippen LogP contribution in [0.2, 0.25) is 0 Å². The number of methoxy groups -OCH3 is 1. The van der Waals surface area contributed by atoms with Crippen LogP contribution in [0.5, 0.6) is 5.75 Å². The minimum atomic E-state index is -0.236. The number of H-pyrrole nitrogens is 1. The Bertz CT molecular complexity index is 933. The summed E-state index contributed by atoms with van der Waals surface area (Å²) in [5, 5.41) is 9.89. The Morgan fingerprint density at radius 3 is 2.92 bits per heavy atom. The van der Waals surface area contributed by atoms with Crippen LogP contribution in [0.3, 0.4) is 0 Å². The van der Waals surface area contributed by atoms with Crippen molar-refractivity contribution in [1.29, 1.82) is 0 Å². The predicted octanol–water partition coefficient (Wildman–Crippen LogP) is 3.37. The van der Waals surface area contributed by atoms with Gasteiger partial charge in [-0.15, -0.1) is 0 Å². The number of carbonyl (C=O) groups excluding carboxylic acids is 1. The molecule has 0 bridgehead atoms.